The lowest BCUT2D eigenvalue weighted by Gasteiger charge is -2.08. The van der Waals surface area contributed by atoms with E-state index in [4.69, 9.17) is 4.74 Å². The number of rotatable bonds is 7. The van der Waals surface area contributed by atoms with Crippen molar-refractivity contribution in [1.82, 2.24) is 4.72 Å². The summed E-state index contributed by atoms with van der Waals surface area (Å²) in [5, 5.41) is 0.313. The third-order valence-electron chi connectivity index (χ3n) is 2.75. The molecule has 2 N–H and O–H groups in total. The van der Waals surface area contributed by atoms with Gasteiger partial charge >= 0.3 is 5.97 Å². The van der Waals surface area contributed by atoms with E-state index in [-0.39, 0.29) is 18.2 Å². The zero-order valence-corrected chi connectivity index (χ0v) is 13.1. The van der Waals surface area contributed by atoms with Gasteiger partial charge in [-0.15, -0.1) is 11.3 Å². The Morgan fingerprint density at radius 1 is 1.45 bits per heavy atom. The van der Waals surface area contributed by atoms with Crippen molar-refractivity contribution in [2.75, 3.05) is 11.3 Å². The highest BCUT2D eigenvalue weighted by atomic mass is 32.2. The fraction of sp³-hybridized carbons (Fsp3) is 0.583. The summed E-state index contributed by atoms with van der Waals surface area (Å²) < 4.78 is 33.7. The second kappa shape index (κ2) is 6.11. The first-order chi connectivity index (χ1) is 9.45. The van der Waals surface area contributed by atoms with Crippen LogP contribution in [0.1, 0.15) is 41.9 Å². The molecule has 1 saturated carbocycles. The van der Waals surface area contributed by atoms with Crippen LogP contribution in [0.4, 0.5) is 5.00 Å². The predicted molar refractivity (Wildman–Crippen MR) is 78.4 cm³/mol. The van der Waals surface area contributed by atoms with Crippen molar-refractivity contribution in [3.63, 3.8) is 0 Å². The average molecular weight is 318 g/mol. The van der Waals surface area contributed by atoms with Crippen molar-refractivity contribution in [2.24, 2.45) is 0 Å². The van der Waals surface area contributed by atoms with Gasteiger partial charge < -0.3 is 4.74 Å². The summed E-state index contributed by atoms with van der Waals surface area (Å²) in [5.74, 6) is -0.507. The molecule has 0 aromatic carbocycles. The Morgan fingerprint density at radius 2 is 2.15 bits per heavy atom. The van der Waals surface area contributed by atoms with Crippen molar-refractivity contribution in [3.05, 3.63) is 16.5 Å². The molecule has 0 radical (unpaired) electrons. The maximum atomic E-state index is 11.9. The highest BCUT2D eigenvalue weighted by molar-refractivity contribution is 7.91. The van der Waals surface area contributed by atoms with Gasteiger partial charge in [-0.1, -0.05) is 6.92 Å². The fourth-order valence-corrected chi connectivity index (χ4v) is 4.04. The van der Waals surface area contributed by atoms with Gasteiger partial charge in [0.15, 0.2) is 0 Å². The average Bonchev–Trinajstić information content (AvgIpc) is 3.06. The zero-order valence-electron chi connectivity index (χ0n) is 11.4. The number of hydrogen-bond acceptors (Lipinski definition) is 5. The molecule has 1 aromatic rings. The Hall–Kier alpha value is -1.12. The maximum absolute atomic E-state index is 11.9. The second-order valence-electron chi connectivity index (χ2n) is 4.53. The minimum Gasteiger partial charge on any atom is -0.462 e. The van der Waals surface area contributed by atoms with Gasteiger partial charge in [-0.3, -0.25) is 4.72 Å². The van der Waals surface area contributed by atoms with Gasteiger partial charge in [0.05, 0.1) is 12.2 Å². The van der Waals surface area contributed by atoms with Gasteiger partial charge in [0, 0.05) is 10.9 Å². The van der Waals surface area contributed by atoms with E-state index in [0.717, 1.165) is 24.1 Å². The first-order valence-corrected chi connectivity index (χ1v) is 8.85. The third kappa shape index (κ3) is 3.94. The molecule has 20 heavy (non-hydrogen) atoms. The summed E-state index contributed by atoms with van der Waals surface area (Å²) in [6, 6.07) is 1.70. The normalized spacial score (nSPS) is 15.1. The predicted octanol–water partition coefficient (Wildman–Crippen LogP) is 1.90. The number of carbonyl (C=O) groups excluding carboxylic acids is 1. The van der Waals surface area contributed by atoms with E-state index >= 15 is 0 Å². The molecule has 6 nitrogen and oxygen atoms in total. The molecular formula is C12H18N2O4S2. The molecule has 2 rings (SSSR count). The van der Waals surface area contributed by atoms with Gasteiger partial charge in [0.1, 0.15) is 5.00 Å². The van der Waals surface area contributed by atoms with E-state index in [1.165, 1.54) is 11.3 Å². The summed E-state index contributed by atoms with van der Waals surface area (Å²) in [7, 11) is -3.63. The molecule has 8 heteroatoms. The molecule has 0 saturated heterocycles. The van der Waals surface area contributed by atoms with Crippen LogP contribution in [0.3, 0.4) is 0 Å². The highest BCUT2D eigenvalue weighted by Gasteiger charge is 2.28. The molecule has 0 spiro atoms. The van der Waals surface area contributed by atoms with Crippen molar-refractivity contribution in [1.29, 1.82) is 0 Å². The molecule has 1 heterocycles. The maximum Gasteiger partial charge on any atom is 0.341 e. The monoisotopic (exact) mass is 318 g/mol. The summed E-state index contributed by atoms with van der Waals surface area (Å²) in [4.78, 5) is 12.8. The number of anilines is 1. The van der Waals surface area contributed by atoms with Crippen LogP contribution in [0.15, 0.2) is 6.07 Å². The van der Waals surface area contributed by atoms with E-state index in [0.29, 0.717) is 5.00 Å². The number of ether oxygens (including phenoxy) is 1. The molecule has 1 aliphatic carbocycles. The number of hydrogen-bond donors (Lipinski definition) is 2. The Bertz CT molecular complexity index is 591. The van der Waals surface area contributed by atoms with Gasteiger partial charge in [-0.05, 0) is 32.3 Å². The molecule has 112 valence electrons. The van der Waals surface area contributed by atoms with E-state index < -0.39 is 16.2 Å². The first kappa shape index (κ1) is 15.3. The van der Waals surface area contributed by atoms with Crippen molar-refractivity contribution in [2.45, 2.75) is 39.2 Å². The summed E-state index contributed by atoms with van der Waals surface area (Å²) in [6.45, 7) is 3.91. The molecule has 1 fully saturated rings. The van der Waals surface area contributed by atoms with Crippen LogP contribution in [0.25, 0.3) is 0 Å². The van der Waals surface area contributed by atoms with Crippen LogP contribution in [0.2, 0.25) is 0 Å². The summed E-state index contributed by atoms with van der Waals surface area (Å²) in [6.07, 6.45) is 2.45. The smallest absolute Gasteiger partial charge is 0.341 e. The largest absolute Gasteiger partial charge is 0.462 e. The molecule has 0 bridgehead atoms. The number of aryl methyl sites for hydroxylation is 1. The molecule has 1 aromatic heterocycles. The highest BCUT2D eigenvalue weighted by Crippen LogP contribution is 2.30. The van der Waals surface area contributed by atoms with Gasteiger partial charge in [-0.25, -0.2) is 4.79 Å². The second-order valence-corrected chi connectivity index (χ2v) is 7.11. The quantitative estimate of drug-likeness (QED) is 0.752. The molecule has 0 atom stereocenters. The lowest BCUT2D eigenvalue weighted by atomic mass is 10.2. The lowest BCUT2D eigenvalue weighted by Crippen LogP contribution is -2.31. The minimum atomic E-state index is -3.63. The van der Waals surface area contributed by atoms with Gasteiger partial charge in [-0.2, -0.15) is 13.1 Å². The van der Waals surface area contributed by atoms with Crippen molar-refractivity contribution < 1.29 is 17.9 Å². The van der Waals surface area contributed by atoms with Crippen LogP contribution < -0.4 is 9.44 Å². The van der Waals surface area contributed by atoms with E-state index in [1.807, 2.05) is 6.92 Å². The number of esters is 1. The zero-order chi connectivity index (χ0) is 14.8. The summed E-state index contributed by atoms with van der Waals surface area (Å²) >= 11 is 1.26. The van der Waals surface area contributed by atoms with Gasteiger partial charge in [0.2, 0.25) is 0 Å². The standard InChI is InChI=1S/C12H18N2O4S2/c1-3-9-7-10(12(15)18-4-2)11(19-9)14-20(16,17)13-8-5-6-8/h7-8,13-14H,3-6H2,1-2H3. The van der Waals surface area contributed by atoms with Crippen molar-refractivity contribution >= 4 is 32.5 Å². The number of carbonyl (C=O) groups is 1. The Kier molecular flexibility index (Phi) is 4.66. The Balaban J connectivity index is 2.20. The fourth-order valence-electron chi connectivity index (χ4n) is 1.62. The molecular weight excluding hydrogens is 300 g/mol. The van der Waals surface area contributed by atoms with E-state index in [1.54, 1.807) is 13.0 Å². The van der Waals surface area contributed by atoms with Crippen LogP contribution in [-0.4, -0.2) is 27.0 Å². The summed E-state index contributed by atoms with van der Waals surface area (Å²) in [5.41, 5.74) is 0.273. The number of thiophene rings is 1. The topological polar surface area (TPSA) is 84.5 Å². The van der Waals surface area contributed by atoms with Gasteiger partial charge in [0.25, 0.3) is 10.2 Å². The van der Waals surface area contributed by atoms with Crippen LogP contribution in [-0.2, 0) is 21.4 Å². The van der Waals surface area contributed by atoms with E-state index in [2.05, 4.69) is 9.44 Å². The Morgan fingerprint density at radius 3 is 2.70 bits per heavy atom. The number of nitrogens with one attached hydrogen (secondary N) is 2. The molecule has 0 aliphatic heterocycles. The van der Waals surface area contributed by atoms with E-state index in [9.17, 15) is 13.2 Å². The SMILES string of the molecule is CCOC(=O)c1cc(CC)sc1NS(=O)(=O)NC1CC1. The third-order valence-corrected chi connectivity index (χ3v) is 5.19. The minimum absolute atomic E-state index is 0.0177. The van der Waals surface area contributed by atoms with Crippen molar-refractivity contribution in [3.8, 4) is 0 Å². The van der Waals surface area contributed by atoms with Crippen LogP contribution in [0.5, 0.6) is 0 Å². The molecule has 0 unspecified atom stereocenters. The van der Waals surface area contributed by atoms with Crippen LogP contribution in [0, 0.1) is 0 Å². The molecule has 1 aliphatic rings. The van der Waals surface area contributed by atoms with Crippen LogP contribution >= 0.6 is 11.3 Å². The first-order valence-electron chi connectivity index (χ1n) is 6.55. The Labute approximate surface area is 122 Å². The molecule has 0 amide bonds. The lowest BCUT2D eigenvalue weighted by molar-refractivity contribution is 0.0528.